The highest BCUT2D eigenvalue weighted by atomic mass is 35.5. The molecule has 0 heterocycles. The summed E-state index contributed by atoms with van der Waals surface area (Å²) in [6.07, 6.45) is 1.48. The average Bonchev–Trinajstić information content (AvgIpc) is 2.74. The number of esters is 1. The maximum Gasteiger partial charge on any atom is 0.343 e. The fourth-order valence-electron chi connectivity index (χ4n) is 2.45. The molecule has 1 N–H and O–H groups in total. The SMILES string of the molecule is Cc1cccc(C(=O)Oc2ccc(/C=N/NC(=O)COc3ccc(Cl)cc3)cc2)c1. The van der Waals surface area contributed by atoms with Crippen LogP contribution in [0.3, 0.4) is 0 Å². The molecule has 0 spiro atoms. The Hall–Kier alpha value is -3.64. The van der Waals surface area contributed by atoms with Crippen LogP contribution in [0.1, 0.15) is 21.5 Å². The van der Waals surface area contributed by atoms with Crippen LogP contribution in [-0.4, -0.2) is 24.7 Å². The van der Waals surface area contributed by atoms with Crippen LogP contribution in [0.5, 0.6) is 11.5 Å². The number of carbonyl (C=O) groups is 2. The molecular formula is C23H19ClN2O4. The van der Waals surface area contributed by atoms with E-state index in [9.17, 15) is 9.59 Å². The molecule has 1 amide bonds. The number of ether oxygens (including phenoxy) is 2. The number of hydrazone groups is 1. The van der Waals surface area contributed by atoms with Crippen molar-refractivity contribution in [3.05, 3.63) is 94.5 Å². The van der Waals surface area contributed by atoms with Crippen LogP contribution in [0, 0.1) is 6.92 Å². The maximum atomic E-state index is 12.2. The van der Waals surface area contributed by atoms with E-state index in [1.165, 1.54) is 6.21 Å². The highest BCUT2D eigenvalue weighted by Crippen LogP contribution is 2.16. The van der Waals surface area contributed by atoms with Gasteiger partial charge in [-0.3, -0.25) is 4.79 Å². The van der Waals surface area contributed by atoms with Gasteiger partial charge in [0.2, 0.25) is 0 Å². The van der Waals surface area contributed by atoms with E-state index in [0.717, 1.165) is 11.1 Å². The van der Waals surface area contributed by atoms with Gasteiger partial charge in [0.15, 0.2) is 6.61 Å². The van der Waals surface area contributed by atoms with Gasteiger partial charge in [-0.25, -0.2) is 10.2 Å². The van der Waals surface area contributed by atoms with Gasteiger partial charge in [-0.2, -0.15) is 5.10 Å². The Kier molecular flexibility index (Phi) is 7.19. The van der Waals surface area contributed by atoms with Crippen molar-refractivity contribution in [2.45, 2.75) is 6.92 Å². The third kappa shape index (κ3) is 6.46. The zero-order chi connectivity index (χ0) is 21.3. The summed E-state index contributed by atoms with van der Waals surface area (Å²) in [5, 5.41) is 4.47. The van der Waals surface area contributed by atoms with Crippen LogP contribution in [0.15, 0.2) is 77.9 Å². The number of amides is 1. The summed E-state index contributed by atoms with van der Waals surface area (Å²) in [4.78, 5) is 23.9. The van der Waals surface area contributed by atoms with Crippen LogP contribution in [0.4, 0.5) is 0 Å². The number of benzene rings is 3. The molecule has 0 bridgehead atoms. The van der Waals surface area contributed by atoms with E-state index in [-0.39, 0.29) is 6.61 Å². The summed E-state index contributed by atoms with van der Waals surface area (Å²) in [5.74, 6) is 0.131. The van der Waals surface area contributed by atoms with Crippen molar-refractivity contribution in [3.8, 4) is 11.5 Å². The molecule has 152 valence electrons. The summed E-state index contributed by atoms with van der Waals surface area (Å²) in [6.45, 7) is 1.74. The zero-order valence-corrected chi connectivity index (χ0v) is 16.9. The monoisotopic (exact) mass is 422 g/mol. The van der Waals surface area contributed by atoms with Gasteiger partial charge in [0.1, 0.15) is 11.5 Å². The van der Waals surface area contributed by atoms with Gasteiger partial charge in [0, 0.05) is 5.02 Å². The Morgan fingerprint density at radius 2 is 1.70 bits per heavy atom. The third-order valence-electron chi connectivity index (χ3n) is 3.93. The highest BCUT2D eigenvalue weighted by molar-refractivity contribution is 6.30. The zero-order valence-electron chi connectivity index (χ0n) is 16.2. The summed E-state index contributed by atoms with van der Waals surface area (Å²) in [6, 6.07) is 20.6. The van der Waals surface area contributed by atoms with Crippen molar-refractivity contribution in [2.75, 3.05) is 6.61 Å². The topological polar surface area (TPSA) is 77.0 Å². The lowest BCUT2D eigenvalue weighted by Crippen LogP contribution is -2.24. The average molecular weight is 423 g/mol. The van der Waals surface area contributed by atoms with Crippen LogP contribution < -0.4 is 14.9 Å². The fraction of sp³-hybridized carbons (Fsp3) is 0.0870. The lowest BCUT2D eigenvalue weighted by Gasteiger charge is -2.05. The lowest BCUT2D eigenvalue weighted by molar-refractivity contribution is -0.123. The van der Waals surface area contributed by atoms with Gasteiger partial charge >= 0.3 is 5.97 Å². The molecule has 0 aliphatic rings. The van der Waals surface area contributed by atoms with Crippen LogP contribution in [0.25, 0.3) is 0 Å². The van der Waals surface area contributed by atoms with E-state index in [4.69, 9.17) is 21.1 Å². The van der Waals surface area contributed by atoms with Gasteiger partial charge in [0.25, 0.3) is 5.91 Å². The van der Waals surface area contributed by atoms with Crippen molar-refractivity contribution in [1.82, 2.24) is 5.43 Å². The first kappa shape index (κ1) is 21.1. The number of nitrogens with zero attached hydrogens (tertiary/aromatic N) is 1. The van der Waals surface area contributed by atoms with Gasteiger partial charge in [0.05, 0.1) is 11.8 Å². The number of nitrogens with one attached hydrogen (secondary N) is 1. The molecule has 0 aliphatic carbocycles. The van der Waals surface area contributed by atoms with Crippen LogP contribution in [0.2, 0.25) is 5.02 Å². The normalized spacial score (nSPS) is 10.6. The second kappa shape index (κ2) is 10.2. The second-order valence-electron chi connectivity index (χ2n) is 6.36. The first-order chi connectivity index (χ1) is 14.5. The Morgan fingerprint density at radius 1 is 1.00 bits per heavy atom. The summed E-state index contributed by atoms with van der Waals surface area (Å²) in [5.41, 5.74) is 4.58. The molecule has 0 aromatic heterocycles. The fourth-order valence-corrected chi connectivity index (χ4v) is 2.58. The Balaban J connectivity index is 1.46. The largest absolute Gasteiger partial charge is 0.484 e. The van der Waals surface area contributed by atoms with E-state index in [2.05, 4.69) is 10.5 Å². The molecule has 3 rings (SSSR count). The standard InChI is InChI=1S/C23H19ClN2O4/c1-16-3-2-4-18(13-16)23(28)30-21-9-5-17(6-10-21)14-25-26-22(27)15-29-20-11-7-19(24)8-12-20/h2-14H,15H2,1H3,(H,26,27)/b25-14+. The first-order valence-electron chi connectivity index (χ1n) is 9.09. The molecule has 0 saturated heterocycles. The Morgan fingerprint density at radius 3 is 2.40 bits per heavy atom. The maximum absolute atomic E-state index is 12.2. The van der Waals surface area contributed by atoms with Crippen LogP contribution >= 0.6 is 11.6 Å². The smallest absolute Gasteiger partial charge is 0.343 e. The van der Waals surface area contributed by atoms with E-state index in [1.54, 1.807) is 66.7 Å². The van der Waals surface area contributed by atoms with Crippen molar-refractivity contribution in [2.24, 2.45) is 5.10 Å². The minimum atomic E-state index is -0.423. The van der Waals surface area contributed by atoms with Gasteiger partial charge in [-0.05, 0) is 73.2 Å². The number of halogens is 1. The number of rotatable bonds is 7. The third-order valence-corrected chi connectivity index (χ3v) is 4.18. The summed E-state index contributed by atoms with van der Waals surface area (Å²) in [7, 11) is 0. The number of aryl methyl sites for hydroxylation is 1. The van der Waals surface area contributed by atoms with Gasteiger partial charge in [-0.1, -0.05) is 29.3 Å². The van der Waals surface area contributed by atoms with Gasteiger partial charge in [-0.15, -0.1) is 0 Å². The van der Waals surface area contributed by atoms with E-state index < -0.39 is 11.9 Å². The molecule has 3 aromatic carbocycles. The number of hydrogen-bond acceptors (Lipinski definition) is 5. The molecule has 7 heteroatoms. The molecule has 6 nitrogen and oxygen atoms in total. The number of carbonyl (C=O) groups excluding carboxylic acids is 2. The van der Waals surface area contributed by atoms with Crippen molar-refractivity contribution < 1.29 is 19.1 Å². The minimum Gasteiger partial charge on any atom is -0.484 e. The minimum absolute atomic E-state index is 0.174. The van der Waals surface area contributed by atoms with E-state index >= 15 is 0 Å². The lowest BCUT2D eigenvalue weighted by atomic mass is 10.1. The molecule has 30 heavy (non-hydrogen) atoms. The molecule has 0 unspecified atom stereocenters. The molecule has 0 radical (unpaired) electrons. The first-order valence-corrected chi connectivity index (χ1v) is 9.46. The molecule has 0 atom stereocenters. The predicted molar refractivity (Wildman–Crippen MR) is 115 cm³/mol. The molecule has 0 saturated carbocycles. The van der Waals surface area contributed by atoms with Crippen LogP contribution in [-0.2, 0) is 4.79 Å². The molecule has 3 aromatic rings. The summed E-state index contributed by atoms with van der Waals surface area (Å²) >= 11 is 5.79. The highest BCUT2D eigenvalue weighted by Gasteiger charge is 2.08. The van der Waals surface area contributed by atoms with Crippen molar-refractivity contribution >= 4 is 29.7 Å². The quantitative estimate of drug-likeness (QED) is 0.265. The molecule has 0 aliphatic heterocycles. The van der Waals surface area contributed by atoms with Crippen molar-refractivity contribution in [1.29, 1.82) is 0 Å². The Bertz CT molecular complexity index is 1050. The summed E-state index contributed by atoms with van der Waals surface area (Å²) < 4.78 is 10.7. The Labute approximate surface area is 179 Å². The second-order valence-corrected chi connectivity index (χ2v) is 6.80. The van der Waals surface area contributed by atoms with E-state index in [1.807, 2.05) is 13.0 Å². The van der Waals surface area contributed by atoms with Crippen molar-refractivity contribution in [3.63, 3.8) is 0 Å². The number of hydrogen-bond donors (Lipinski definition) is 1. The predicted octanol–water partition coefficient (Wildman–Crippen LogP) is 4.40. The van der Waals surface area contributed by atoms with Gasteiger partial charge < -0.3 is 9.47 Å². The molecular weight excluding hydrogens is 404 g/mol. The van der Waals surface area contributed by atoms with E-state index in [0.29, 0.717) is 22.1 Å². The molecule has 0 fully saturated rings.